The molecule has 1 aromatic heterocycles. The third kappa shape index (κ3) is 11.1. The molecule has 0 saturated heterocycles. The van der Waals surface area contributed by atoms with E-state index < -0.39 is 91.3 Å². The first-order chi connectivity index (χ1) is 27.0. The fourth-order valence-electron chi connectivity index (χ4n) is 4.63. The Morgan fingerprint density at radius 1 is 0.567 bits per heavy atom. The molecule has 28 heteroatoms. The second-order valence-electron chi connectivity index (χ2n) is 12.7. The zero-order valence-corrected chi connectivity index (χ0v) is 29.8. The lowest BCUT2D eigenvalue weighted by atomic mass is 9.95. The summed E-state index contributed by atoms with van der Waals surface area (Å²) in [4.78, 5) is 8.07. The Bertz CT molecular complexity index is 1650. The number of hydrogen-bond donors (Lipinski definition) is 0. The Morgan fingerprint density at radius 3 is 1.55 bits per heavy atom. The van der Waals surface area contributed by atoms with E-state index >= 15 is 0 Å². The lowest BCUT2D eigenvalue weighted by Crippen LogP contribution is -2.64. The maximum absolute atomic E-state index is 14.5. The van der Waals surface area contributed by atoms with Crippen LogP contribution in [0, 0.1) is 0 Å². The van der Waals surface area contributed by atoms with Crippen LogP contribution in [0.25, 0.3) is 11.4 Å². The van der Waals surface area contributed by atoms with Crippen LogP contribution < -0.4 is 4.74 Å². The summed E-state index contributed by atoms with van der Waals surface area (Å²) >= 11 is 0. The molecular formula is C32H29F23N2O3. The number of nitrogens with zero attached hydrogens (tertiary/aromatic N) is 2. The summed E-state index contributed by atoms with van der Waals surface area (Å²) in [5, 5.41) is 0. The van der Waals surface area contributed by atoms with E-state index in [0.29, 0.717) is 24.1 Å². The van der Waals surface area contributed by atoms with Gasteiger partial charge in [-0.3, -0.25) is 4.74 Å². The molecule has 1 aromatic carbocycles. The molecule has 1 unspecified atom stereocenters. The van der Waals surface area contributed by atoms with Crippen LogP contribution in [0.2, 0.25) is 0 Å². The van der Waals surface area contributed by atoms with Gasteiger partial charge in [0, 0.05) is 30.8 Å². The summed E-state index contributed by atoms with van der Waals surface area (Å²) in [6, 6.07) is 2.85. The van der Waals surface area contributed by atoms with Gasteiger partial charge >= 0.3 is 66.5 Å². The summed E-state index contributed by atoms with van der Waals surface area (Å²) in [5.41, 5.74) is 0.632. The molecule has 0 bridgehead atoms. The van der Waals surface area contributed by atoms with Gasteiger partial charge in [0.1, 0.15) is 5.75 Å². The minimum Gasteiger partial charge on any atom is -0.465 e. The zero-order valence-electron chi connectivity index (χ0n) is 29.8. The Hall–Kier alpha value is -3.59. The van der Waals surface area contributed by atoms with Gasteiger partial charge in [-0.05, 0) is 42.7 Å². The normalized spacial score (nSPS) is 15.2. The molecule has 0 fully saturated rings. The average molecular weight is 927 g/mol. The molecule has 0 aliphatic rings. The summed E-state index contributed by atoms with van der Waals surface area (Å²) in [5.74, 6) is -46.6. The maximum atomic E-state index is 14.5. The highest BCUT2D eigenvalue weighted by Gasteiger charge is 2.85. The van der Waals surface area contributed by atoms with Gasteiger partial charge in [0.15, 0.2) is 5.82 Å². The Kier molecular flexibility index (Phi) is 16.1. The van der Waals surface area contributed by atoms with Crippen LogP contribution in [0.5, 0.6) is 5.75 Å². The molecule has 0 N–H and O–H groups in total. The number of benzene rings is 1. The number of rotatable bonds is 24. The van der Waals surface area contributed by atoms with E-state index in [1.165, 1.54) is 12.4 Å². The van der Waals surface area contributed by atoms with E-state index in [4.69, 9.17) is 0 Å². The number of hydrogen-bond acceptors (Lipinski definition) is 5. The number of ether oxygens (including phenoxy) is 3. The first kappa shape index (κ1) is 52.5. The largest absolute Gasteiger partial charge is 0.465 e. The quantitative estimate of drug-likeness (QED) is 0.0596. The molecule has 1 heterocycles. The van der Waals surface area contributed by atoms with E-state index in [0.717, 1.165) is 50.7 Å². The SMILES string of the molecule is CCCCCCCCc1cnc(-c2ccc(OC(CCC(F)(F)C(F)(F)C(F)(F)C(F)(F)C(F)F)OC(F)(F)C(F)(F)OC(F)(F)C(F)(F)C(F)(F)C(F)(F)F)cc2)nc1. The molecule has 0 saturated carbocycles. The number of unbranched alkanes of at least 4 members (excludes halogenated alkanes) is 5. The highest BCUT2D eigenvalue weighted by Crippen LogP contribution is 2.57. The smallest absolute Gasteiger partial charge is 0.460 e. The van der Waals surface area contributed by atoms with Crippen molar-refractivity contribution in [2.75, 3.05) is 0 Å². The molecule has 0 radical (unpaired) electrons. The van der Waals surface area contributed by atoms with Crippen molar-refractivity contribution in [2.45, 2.75) is 137 Å². The summed E-state index contributed by atoms with van der Waals surface area (Å²) in [7, 11) is 0. The fraction of sp³-hybridized carbons (Fsp3) is 0.688. The lowest BCUT2D eigenvalue weighted by molar-refractivity contribution is -0.531. The molecule has 1 atom stereocenters. The van der Waals surface area contributed by atoms with Crippen LogP contribution >= 0.6 is 0 Å². The predicted molar refractivity (Wildman–Crippen MR) is 157 cm³/mol. The topological polar surface area (TPSA) is 53.5 Å². The van der Waals surface area contributed by atoms with E-state index in [9.17, 15) is 101 Å². The van der Waals surface area contributed by atoms with Crippen molar-refractivity contribution in [3.8, 4) is 17.1 Å². The van der Waals surface area contributed by atoms with E-state index in [1.54, 1.807) is 4.74 Å². The first-order valence-corrected chi connectivity index (χ1v) is 16.7. The van der Waals surface area contributed by atoms with Gasteiger partial charge in [-0.2, -0.15) is 92.2 Å². The van der Waals surface area contributed by atoms with E-state index in [-0.39, 0.29) is 11.4 Å². The molecule has 60 heavy (non-hydrogen) atoms. The number of aryl methyl sites for hydroxylation is 1. The highest BCUT2D eigenvalue weighted by atomic mass is 19.4. The van der Waals surface area contributed by atoms with Gasteiger partial charge in [0.2, 0.25) is 6.29 Å². The molecule has 2 rings (SSSR count). The second-order valence-corrected chi connectivity index (χ2v) is 12.7. The van der Waals surface area contributed by atoms with Gasteiger partial charge < -0.3 is 4.74 Å². The van der Waals surface area contributed by atoms with Crippen molar-refractivity contribution in [3.05, 3.63) is 42.2 Å². The highest BCUT2D eigenvalue weighted by molar-refractivity contribution is 5.55. The summed E-state index contributed by atoms with van der Waals surface area (Å²) < 4.78 is 320. The fourth-order valence-corrected chi connectivity index (χ4v) is 4.63. The van der Waals surface area contributed by atoms with Gasteiger partial charge in [-0.15, -0.1) is 0 Å². The zero-order chi connectivity index (χ0) is 46.6. The molecule has 346 valence electrons. The number of halogens is 23. The van der Waals surface area contributed by atoms with Crippen molar-refractivity contribution >= 4 is 0 Å². The third-order valence-electron chi connectivity index (χ3n) is 8.14. The van der Waals surface area contributed by atoms with Crippen LogP contribution in [0.1, 0.15) is 63.9 Å². The van der Waals surface area contributed by atoms with Gasteiger partial charge in [-0.25, -0.2) is 23.5 Å². The predicted octanol–water partition coefficient (Wildman–Crippen LogP) is 13.0. The van der Waals surface area contributed by atoms with Crippen LogP contribution in [0.15, 0.2) is 36.7 Å². The Morgan fingerprint density at radius 2 is 1.07 bits per heavy atom. The molecule has 0 amide bonds. The Balaban J connectivity index is 2.46. The lowest BCUT2D eigenvalue weighted by Gasteiger charge is -2.37. The first-order valence-electron chi connectivity index (χ1n) is 16.7. The van der Waals surface area contributed by atoms with E-state index in [1.807, 2.05) is 6.92 Å². The minimum atomic E-state index is -8.15. The second kappa shape index (κ2) is 18.4. The number of alkyl halides is 23. The summed E-state index contributed by atoms with van der Waals surface area (Å²) in [6.07, 6.45) is -37.0. The van der Waals surface area contributed by atoms with Crippen molar-refractivity contribution in [3.63, 3.8) is 0 Å². The van der Waals surface area contributed by atoms with Crippen LogP contribution in [0.4, 0.5) is 101 Å². The third-order valence-corrected chi connectivity index (χ3v) is 8.14. The monoisotopic (exact) mass is 926 g/mol. The molecular weight excluding hydrogens is 897 g/mol. The standard InChI is InChI=1S/C32H29F23N2O3/c1-2-3-4-5-6-7-8-17-15-56-21(57-16-17)18-9-11-19(12-10-18)58-20(13-14-23(35,36)25(39,40)26(41,42)24(37,38)22(33)34)59-31(52,53)32(54,55)60-30(50,51)28(45,46)27(43,44)29(47,48)49/h9-12,15-16,20,22H,2-8,13-14H2,1H3. The van der Waals surface area contributed by atoms with Gasteiger partial charge in [0.05, 0.1) is 0 Å². The molecule has 5 nitrogen and oxygen atoms in total. The van der Waals surface area contributed by atoms with Crippen molar-refractivity contribution < 1.29 is 115 Å². The summed E-state index contributed by atoms with van der Waals surface area (Å²) in [6.45, 7) is 2.03. The molecule has 2 aromatic rings. The molecule has 0 aliphatic heterocycles. The van der Waals surface area contributed by atoms with Crippen LogP contribution in [0.3, 0.4) is 0 Å². The average Bonchev–Trinajstić information content (AvgIpc) is 3.11. The molecule has 0 aliphatic carbocycles. The van der Waals surface area contributed by atoms with Crippen molar-refractivity contribution in [1.82, 2.24) is 9.97 Å². The maximum Gasteiger partial charge on any atom is 0.460 e. The molecule has 0 spiro atoms. The van der Waals surface area contributed by atoms with Gasteiger partial charge in [-0.1, -0.05) is 39.0 Å². The van der Waals surface area contributed by atoms with Crippen LogP contribution in [-0.2, 0) is 15.9 Å². The number of aromatic nitrogens is 2. The Labute approximate surface area is 322 Å². The van der Waals surface area contributed by atoms with Crippen molar-refractivity contribution in [1.29, 1.82) is 0 Å². The van der Waals surface area contributed by atoms with E-state index in [2.05, 4.69) is 19.4 Å². The minimum absolute atomic E-state index is 0.0246. The van der Waals surface area contributed by atoms with Gasteiger partial charge in [0.25, 0.3) is 0 Å². The van der Waals surface area contributed by atoms with Crippen molar-refractivity contribution in [2.24, 2.45) is 0 Å². The van der Waals surface area contributed by atoms with Crippen LogP contribution in [-0.4, -0.2) is 82.7 Å².